The molecule has 0 bridgehead atoms. The smallest absolute Gasteiger partial charge is 0.228 e. The molecule has 1 heterocycles. The van der Waals surface area contributed by atoms with Gasteiger partial charge in [-0.25, -0.2) is 4.98 Å². The number of benzene rings is 1. The van der Waals surface area contributed by atoms with Crippen molar-refractivity contribution < 1.29 is 9.90 Å². The summed E-state index contributed by atoms with van der Waals surface area (Å²) in [5.41, 5.74) is 1.91. The number of aromatic nitrogens is 1. The van der Waals surface area contributed by atoms with E-state index in [4.69, 9.17) is 5.11 Å². The van der Waals surface area contributed by atoms with Crippen molar-refractivity contribution in [1.29, 1.82) is 0 Å². The molecule has 2 aromatic rings. The van der Waals surface area contributed by atoms with E-state index >= 15 is 0 Å². The second-order valence-electron chi connectivity index (χ2n) is 4.79. The number of hydrogen-bond acceptors (Lipinski definition) is 5. The van der Waals surface area contributed by atoms with E-state index in [1.165, 1.54) is 11.3 Å². The maximum absolute atomic E-state index is 11.6. The molecule has 1 aromatic carbocycles. The number of carbonyl (C=O) groups excluding carboxylic acids is 1. The van der Waals surface area contributed by atoms with Crippen LogP contribution in [-0.4, -0.2) is 35.0 Å². The van der Waals surface area contributed by atoms with E-state index in [1.807, 2.05) is 29.6 Å². The molecule has 0 saturated heterocycles. The number of aliphatic hydroxyl groups excluding tert-OH is 1. The lowest BCUT2D eigenvalue weighted by atomic mass is 10.2. The molecule has 4 nitrogen and oxygen atoms in total. The Bertz CT molecular complexity index is 594. The zero-order chi connectivity index (χ0) is 15.2. The molecule has 0 aliphatic heterocycles. The minimum absolute atomic E-state index is 0.0697. The average molecular weight is 322 g/mol. The van der Waals surface area contributed by atoms with Gasteiger partial charge in [0.1, 0.15) is 5.01 Å². The predicted octanol–water partition coefficient (Wildman–Crippen LogP) is 2.56. The van der Waals surface area contributed by atoms with Gasteiger partial charge in [-0.2, -0.15) is 0 Å². The lowest BCUT2D eigenvalue weighted by molar-refractivity contribution is -0.127. The van der Waals surface area contributed by atoms with Crippen LogP contribution in [0.3, 0.4) is 0 Å². The van der Waals surface area contributed by atoms with Crippen LogP contribution in [0.4, 0.5) is 0 Å². The van der Waals surface area contributed by atoms with Gasteiger partial charge >= 0.3 is 0 Å². The van der Waals surface area contributed by atoms with Gasteiger partial charge in [-0.3, -0.25) is 4.79 Å². The van der Waals surface area contributed by atoms with Crippen LogP contribution in [-0.2, 0) is 23.6 Å². The van der Waals surface area contributed by atoms with E-state index in [-0.39, 0.29) is 12.5 Å². The zero-order valence-corrected chi connectivity index (χ0v) is 13.7. The minimum atomic E-state index is 0.0697. The Morgan fingerprint density at radius 1 is 1.33 bits per heavy atom. The van der Waals surface area contributed by atoms with Crippen molar-refractivity contribution in [1.82, 2.24) is 9.88 Å². The summed E-state index contributed by atoms with van der Waals surface area (Å²) >= 11 is 3.23. The summed E-state index contributed by atoms with van der Waals surface area (Å²) in [7, 11) is 3.51. The van der Waals surface area contributed by atoms with E-state index in [1.54, 1.807) is 30.8 Å². The molecule has 0 saturated carbocycles. The third kappa shape index (κ3) is 4.84. The maximum Gasteiger partial charge on any atom is 0.228 e. The van der Waals surface area contributed by atoms with Crippen molar-refractivity contribution in [2.45, 2.75) is 23.7 Å². The molecule has 0 unspecified atom stereocenters. The fourth-order valence-corrected chi connectivity index (χ4v) is 3.31. The van der Waals surface area contributed by atoms with Crippen molar-refractivity contribution >= 4 is 29.0 Å². The van der Waals surface area contributed by atoms with Gasteiger partial charge in [0.25, 0.3) is 0 Å². The monoisotopic (exact) mass is 322 g/mol. The average Bonchev–Trinajstić information content (AvgIpc) is 2.93. The van der Waals surface area contributed by atoms with Crippen LogP contribution in [0, 0.1) is 0 Å². The number of amides is 1. The van der Waals surface area contributed by atoms with Crippen LogP contribution in [0.5, 0.6) is 0 Å². The van der Waals surface area contributed by atoms with Crippen LogP contribution in [0.25, 0.3) is 0 Å². The van der Waals surface area contributed by atoms with Crippen LogP contribution in [0.15, 0.2) is 34.5 Å². The topological polar surface area (TPSA) is 53.4 Å². The van der Waals surface area contributed by atoms with Crippen molar-refractivity contribution in [3.8, 4) is 0 Å². The van der Waals surface area contributed by atoms with Gasteiger partial charge < -0.3 is 10.0 Å². The highest BCUT2D eigenvalue weighted by molar-refractivity contribution is 7.98. The van der Waals surface area contributed by atoms with Crippen LogP contribution >= 0.6 is 23.1 Å². The lowest BCUT2D eigenvalue weighted by Crippen LogP contribution is -2.23. The number of carbonyl (C=O) groups is 1. The summed E-state index contributed by atoms with van der Waals surface area (Å²) in [4.78, 5) is 18.8. The number of nitrogens with zero attached hydrogens (tertiary/aromatic N) is 2. The third-order valence-electron chi connectivity index (χ3n) is 2.89. The summed E-state index contributed by atoms with van der Waals surface area (Å²) in [6, 6.07) is 7.84. The third-order valence-corrected chi connectivity index (χ3v) is 4.84. The Morgan fingerprint density at radius 3 is 2.67 bits per heavy atom. The number of likely N-dealkylation sites (N-methyl/N-ethyl adjacent to an activating group) is 1. The summed E-state index contributed by atoms with van der Waals surface area (Å²) < 4.78 is 0. The van der Waals surface area contributed by atoms with Crippen LogP contribution < -0.4 is 0 Å². The first-order valence-corrected chi connectivity index (χ1v) is 8.41. The van der Waals surface area contributed by atoms with E-state index in [2.05, 4.69) is 4.98 Å². The Morgan fingerprint density at radius 2 is 2.05 bits per heavy atom. The molecule has 0 aliphatic rings. The van der Waals surface area contributed by atoms with E-state index in [9.17, 15) is 4.79 Å². The Hall–Kier alpha value is -1.37. The van der Waals surface area contributed by atoms with Gasteiger partial charge in [-0.15, -0.1) is 23.1 Å². The summed E-state index contributed by atoms with van der Waals surface area (Å²) in [5, 5.41) is 11.9. The Balaban J connectivity index is 1.88. The zero-order valence-electron chi connectivity index (χ0n) is 12.1. The van der Waals surface area contributed by atoms with Gasteiger partial charge in [0.05, 0.1) is 18.7 Å². The van der Waals surface area contributed by atoms with E-state index in [0.29, 0.717) is 6.42 Å². The molecule has 1 amide bonds. The van der Waals surface area contributed by atoms with Crippen molar-refractivity contribution in [2.24, 2.45) is 0 Å². The molecular formula is C15H18N2O2S2. The largest absolute Gasteiger partial charge is 0.392 e. The minimum Gasteiger partial charge on any atom is -0.392 e. The molecule has 0 fully saturated rings. The molecule has 6 heteroatoms. The van der Waals surface area contributed by atoms with E-state index in [0.717, 1.165) is 26.9 Å². The summed E-state index contributed by atoms with van der Waals surface area (Å²) in [6.07, 6.45) is 0.369. The van der Waals surface area contributed by atoms with Crippen LogP contribution in [0.1, 0.15) is 16.3 Å². The number of thioether (sulfide) groups is 1. The molecule has 0 aliphatic carbocycles. The predicted molar refractivity (Wildman–Crippen MR) is 86.4 cm³/mol. The first-order chi connectivity index (χ1) is 10.1. The molecule has 2 rings (SSSR count). The Labute approximate surface area is 132 Å². The number of hydrogen-bond donors (Lipinski definition) is 1. The number of thiazole rings is 1. The number of aliphatic hydroxyl groups is 1. The first kappa shape index (κ1) is 16.0. The molecule has 112 valence electrons. The van der Waals surface area contributed by atoms with Gasteiger partial charge in [-0.1, -0.05) is 12.1 Å². The SMILES string of the molecule is CN(C)C(=O)Cc1nc(CSc2ccc(CO)cc2)cs1. The molecule has 1 aromatic heterocycles. The maximum atomic E-state index is 11.6. The van der Waals surface area contributed by atoms with Crippen molar-refractivity contribution in [3.05, 3.63) is 45.9 Å². The molecule has 1 N–H and O–H groups in total. The molecule has 0 spiro atoms. The molecule has 0 atom stereocenters. The molecular weight excluding hydrogens is 304 g/mol. The van der Waals surface area contributed by atoms with Crippen molar-refractivity contribution in [3.63, 3.8) is 0 Å². The first-order valence-electron chi connectivity index (χ1n) is 6.54. The lowest BCUT2D eigenvalue weighted by Gasteiger charge is -2.07. The fraction of sp³-hybridized carbons (Fsp3) is 0.333. The van der Waals surface area contributed by atoms with Crippen molar-refractivity contribution in [2.75, 3.05) is 14.1 Å². The summed E-state index contributed by atoms with van der Waals surface area (Å²) in [6.45, 7) is 0.0697. The second-order valence-corrected chi connectivity index (χ2v) is 6.78. The second kappa shape index (κ2) is 7.59. The normalized spacial score (nSPS) is 10.6. The van der Waals surface area contributed by atoms with Crippen LogP contribution in [0.2, 0.25) is 0 Å². The summed E-state index contributed by atoms with van der Waals surface area (Å²) in [5.74, 6) is 0.855. The number of rotatable bonds is 6. The van der Waals surface area contributed by atoms with E-state index < -0.39 is 0 Å². The molecule has 21 heavy (non-hydrogen) atoms. The highest BCUT2D eigenvalue weighted by Crippen LogP contribution is 2.24. The van der Waals surface area contributed by atoms with Gasteiger partial charge in [-0.05, 0) is 17.7 Å². The standard InChI is InChI=1S/C15H18N2O2S2/c1-17(2)15(19)7-14-16-12(10-21-14)9-20-13-5-3-11(8-18)4-6-13/h3-6,10,18H,7-9H2,1-2H3. The Kier molecular flexibility index (Phi) is 5.78. The highest BCUT2D eigenvalue weighted by atomic mass is 32.2. The fourth-order valence-electron chi connectivity index (χ4n) is 1.63. The van der Waals surface area contributed by atoms with Gasteiger partial charge in [0.15, 0.2) is 0 Å². The quantitative estimate of drug-likeness (QED) is 0.831. The highest BCUT2D eigenvalue weighted by Gasteiger charge is 2.09. The van der Waals surface area contributed by atoms with Gasteiger partial charge in [0, 0.05) is 30.1 Å². The van der Waals surface area contributed by atoms with Gasteiger partial charge in [0.2, 0.25) is 5.91 Å². The molecule has 0 radical (unpaired) electrons.